The number of amides is 1. The molecule has 0 spiro atoms. The Morgan fingerprint density at radius 1 is 1.22 bits per heavy atom. The number of anilines is 1. The van der Waals surface area contributed by atoms with E-state index < -0.39 is 0 Å². The Morgan fingerprint density at radius 2 is 2.00 bits per heavy atom. The first kappa shape index (κ1) is 21.1. The second-order valence-corrected chi connectivity index (χ2v) is 7.26. The molecule has 2 N–H and O–H groups in total. The van der Waals surface area contributed by atoms with Gasteiger partial charge in [0, 0.05) is 17.3 Å². The zero-order valence-electron chi connectivity index (χ0n) is 18.0. The maximum absolute atomic E-state index is 12.6. The van der Waals surface area contributed by atoms with Gasteiger partial charge in [0.15, 0.2) is 12.4 Å². The summed E-state index contributed by atoms with van der Waals surface area (Å²) in [6.45, 7) is 5.44. The van der Waals surface area contributed by atoms with Crippen molar-refractivity contribution in [3.8, 4) is 23.2 Å². The van der Waals surface area contributed by atoms with E-state index in [2.05, 4.69) is 20.4 Å². The highest BCUT2D eigenvalue weighted by Gasteiger charge is 2.18. The maximum Gasteiger partial charge on any atom is 0.263 e. The van der Waals surface area contributed by atoms with E-state index in [0.717, 1.165) is 5.56 Å². The second-order valence-electron chi connectivity index (χ2n) is 7.26. The third-order valence-electron chi connectivity index (χ3n) is 4.91. The van der Waals surface area contributed by atoms with Crippen molar-refractivity contribution in [3.05, 3.63) is 75.9 Å². The normalized spacial score (nSPS) is 10.8. The molecule has 0 aliphatic rings. The number of nitrogens with one attached hydrogen (secondary N) is 2. The van der Waals surface area contributed by atoms with Crippen LogP contribution in [0.4, 0.5) is 5.82 Å². The Hall–Kier alpha value is -4.14. The van der Waals surface area contributed by atoms with Gasteiger partial charge in [-0.3, -0.25) is 14.6 Å². The predicted molar refractivity (Wildman–Crippen MR) is 119 cm³/mol. The molecular formula is C23H23N5O4. The molecule has 0 radical (unpaired) electrons. The SMILES string of the molecule is CCc1c(C)nc(-n2nc(-c3ccco3)cc2NC(=O)COc2ccc(C)cc2)[nH]c1=O. The van der Waals surface area contributed by atoms with Crippen molar-refractivity contribution in [2.45, 2.75) is 27.2 Å². The van der Waals surface area contributed by atoms with Gasteiger partial charge in [-0.05, 0) is 44.5 Å². The third kappa shape index (κ3) is 4.46. The molecule has 0 aliphatic carbocycles. The van der Waals surface area contributed by atoms with E-state index in [4.69, 9.17) is 9.15 Å². The number of hydrogen-bond donors (Lipinski definition) is 2. The first-order valence-electron chi connectivity index (χ1n) is 10.2. The first-order valence-corrected chi connectivity index (χ1v) is 10.2. The summed E-state index contributed by atoms with van der Waals surface area (Å²) in [5, 5.41) is 7.25. The highest BCUT2D eigenvalue weighted by Crippen LogP contribution is 2.24. The zero-order valence-corrected chi connectivity index (χ0v) is 18.0. The summed E-state index contributed by atoms with van der Waals surface area (Å²) in [6, 6.07) is 12.5. The van der Waals surface area contributed by atoms with Gasteiger partial charge in [0.25, 0.3) is 11.5 Å². The summed E-state index contributed by atoms with van der Waals surface area (Å²) >= 11 is 0. The molecule has 0 bridgehead atoms. The zero-order chi connectivity index (χ0) is 22.7. The molecule has 1 aromatic carbocycles. The molecule has 1 amide bonds. The maximum atomic E-state index is 12.6. The third-order valence-corrected chi connectivity index (χ3v) is 4.91. The minimum Gasteiger partial charge on any atom is -0.484 e. The number of nitrogens with zero attached hydrogens (tertiary/aromatic N) is 3. The van der Waals surface area contributed by atoms with Gasteiger partial charge in [-0.15, -0.1) is 0 Å². The quantitative estimate of drug-likeness (QED) is 0.462. The van der Waals surface area contributed by atoms with Crippen LogP contribution in [0.25, 0.3) is 17.4 Å². The molecule has 164 valence electrons. The Kier molecular flexibility index (Phi) is 5.89. The van der Waals surface area contributed by atoms with Gasteiger partial charge in [0.2, 0.25) is 5.95 Å². The van der Waals surface area contributed by atoms with Gasteiger partial charge in [-0.1, -0.05) is 24.6 Å². The number of furan rings is 1. The highest BCUT2D eigenvalue weighted by molar-refractivity contribution is 5.91. The van der Waals surface area contributed by atoms with E-state index in [9.17, 15) is 9.59 Å². The van der Waals surface area contributed by atoms with Crippen molar-refractivity contribution in [1.82, 2.24) is 19.7 Å². The lowest BCUT2D eigenvalue weighted by Gasteiger charge is -2.10. The summed E-state index contributed by atoms with van der Waals surface area (Å²) in [6.07, 6.45) is 2.09. The van der Waals surface area contributed by atoms with Crippen molar-refractivity contribution >= 4 is 11.7 Å². The summed E-state index contributed by atoms with van der Waals surface area (Å²) in [5.41, 5.74) is 2.53. The van der Waals surface area contributed by atoms with Crippen LogP contribution in [0.5, 0.6) is 5.75 Å². The van der Waals surface area contributed by atoms with Crippen molar-refractivity contribution in [2.24, 2.45) is 0 Å². The van der Waals surface area contributed by atoms with Crippen LogP contribution in [0.15, 0.2) is 57.9 Å². The van der Waals surface area contributed by atoms with E-state index >= 15 is 0 Å². The van der Waals surface area contributed by atoms with Crippen LogP contribution in [0.1, 0.15) is 23.7 Å². The number of hydrogen-bond acceptors (Lipinski definition) is 6. The molecule has 9 heteroatoms. The van der Waals surface area contributed by atoms with Crippen LogP contribution in [-0.2, 0) is 11.2 Å². The second kappa shape index (κ2) is 8.93. The molecule has 4 rings (SSSR count). The fraction of sp³-hybridized carbons (Fsp3) is 0.217. The monoisotopic (exact) mass is 433 g/mol. The topological polar surface area (TPSA) is 115 Å². The number of aromatic amines is 1. The average molecular weight is 433 g/mol. The molecule has 3 heterocycles. The van der Waals surface area contributed by atoms with Crippen LogP contribution >= 0.6 is 0 Å². The summed E-state index contributed by atoms with van der Waals surface area (Å²) < 4.78 is 12.3. The lowest BCUT2D eigenvalue weighted by molar-refractivity contribution is -0.118. The van der Waals surface area contributed by atoms with Gasteiger partial charge < -0.3 is 14.5 Å². The number of H-pyrrole nitrogens is 1. The number of carbonyl (C=O) groups excluding carboxylic acids is 1. The standard InChI is InChI=1S/C23H23N5O4/c1-4-17-15(3)24-23(26-22(17)30)28-20(12-18(27-28)19-6-5-11-31-19)25-21(29)13-32-16-9-7-14(2)8-10-16/h5-12H,4,13H2,1-3H3,(H,25,29)(H,24,26,30). The van der Waals surface area contributed by atoms with Crippen LogP contribution < -0.4 is 15.6 Å². The molecule has 9 nitrogen and oxygen atoms in total. The van der Waals surface area contributed by atoms with Gasteiger partial charge in [0.05, 0.1) is 6.26 Å². The number of rotatable bonds is 7. The van der Waals surface area contributed by atoms with Crippen molar-refractivity contribution in [2.75, 3.05) is 11.9 Å². The number of aromatic nitrogens is 4. The van der Waals surface area contributed by atoms with E-state index in [1.165, 1.54) is 10.9 Å². The van der Waals surface area contributed by atoms with Crippen molar-refractivity contribution < 1.29 is 13.9 Å². The molecule has 0 atom stereocenters. The summed E-state index contributed by atoms with van der Waals surface area (Å²) in [7, 11) is 0. The van der Waals surface area contributed by atoms with E-state index in [0.29, 0.717) is 40.7 Å². The number of carbonyl (C=O) groups is 1. The minimum absolute atomic E-state index is 0.192. The largest absolute Gasteiger partial charge is 0.484 e. The van der Waals surface area contributed by atoms with Crippen LogP contribution in [0.3, 0.4) is 0 Å². The molecule has 0 unspecified atom stereocenters. The van der Waals surface area contributed by atoms with Crippen LogP contribution in [0, 0.1) is 13.8 Å². The van der Waals surface area contributed by atoms with Crippen LogP contribution in [0.2, 0.25) is 0 Å². The minimum atomic E-state index is -0.387. The van der Waals surface area contributed by atoms with Crippen molar-refractivity contribution in [3.63, 3.8) is 0 Å². The van der Waals surface area contributed by atoms with Gasteiger partial charge in [0.1, 0.15) is 17.3 Å². The molecule has 0 saturated heterocycles. The molecule has 0 aliphatic heterocycles. The molecular weight excluding hydrogens is 410 g/mol. The van der Waals surface area contributed by atoms with E-state index in [-0.39, 0.29) is 24.0 Å². The van der Waals surface area contributed by atoms with Crippen molar-refractivity contribution in [1.29, 1.82) is 0 Å². The highest BCUT2D eigenvalue weighted by atomic mass is 16.5. The summed E-state index contributed by atoms with van der Waals surface area (Å²) in [4.78, 5) is 32.2. The predicted octanol–water partition coefficient (Wildman–Crippen LogP) is 3.41. The smallest absolute Gasteiger partial charge is 0.263 e. The number of ether oxygens (including phenoxy) is 1. The fourth-order valence-corrected chi connectivity index (χ4v) is 3.25. The first-order chi connectivity index (χ1) is 15.4. The van der Waals surface area contributed by atoms with Gasteiger partial charge >= 0.3 is 0 Å². The Balaban J connectivity index is 1.62. The lowest BCUT2D eigenvalue weighted by Crippen LogP contribution is -2.24. The Bertz CT molecular complexity index is 1290. The van der Waals surface area contributed by atoms with Gasteiger partial charge in [-0.25, -0.2) is 4.98 Å². The number of benzene rings is 1. The molecule has 32 heavy (non-hydrogen) atoms. The lowest BCUT2D eigenvalue weighted by atomic mass is 10.2. The van der Waals surface area contributed by atoms with Crippen LogP contribution in [-0.4, -0.2) is 32.3 Å². The Morgan fingerprint density at radius 3 is 2.66 bits per heavy atom. The van der Waals surface area contributed by atoms with E-state index in [1.54, 1.807) is 37.3 Å². The molecule has 4 aromatic rings. The van der Waals surface area contributed by atoms with Gasteiger partial charge in [-0.2, -0.15) is 9.78 Å². The molecule has 0 saturated carbocycles. The number of aryl methyl sites for hydroxylation is 2. The fourth-order valence-electron chi connectivity index (χ4n) is 3.25. The molecule has 0 fully saturated rings. The molecule has 3 aromatic heterocycles. The average Bonchev–Trinajstić information content (AvgIpc) is 3.43. The summed E-state index contributed by atoms with van der Waals surface area (Å²) in [5.74, 6) is 1.23. The Labute approximate surface area is 184 Å². The van der Waals surface area contributed by atoms with E-state index in [1.807, 2.05) is 26.0 Å².